The van der Waals surface area contributed by atoms with E-state index < -0.39 is 11.9 Å². The molecule has 2 N–H and O–H groups in total. The highest BCUT2D eigenvalue weighted by Crippen LogP contribution is 2.01. The van der Waals surface area contributed by atoms with Gasteiger partial charge in [-0.3, -0.25) is 0 Å². The van der Waals surface area contributed by atoms with Crippen molar-refractivity contribution in [2.45, 2.75) is 19.8 Å². The minimum atomic E-state index is -0.935. The fourth-order valence-electron chi connectivity index (χ4n) is 0.972. The molecular weight excluding hydrogens is 292 g/mol. The summed E-state index contributed by atoms with van der Waals surface area (Å²) in [6.07, 6.45) is 4.69. The van der Waals surface area contributed by atoms with E-state index in [4.69, 9.17) is 10.2 Å². The third-order valence-electron chi connectivity index (χ3n) is 2.35. The van der Waals surface area contributed by atoms with Crippen LogP contribution < -0.4 is 0 Å². The third-order valence-corrected chi connectivity index (χ3v) is 2.35. The Hall–Kier alpha value is -2.88. The lowest BCUT2D eigenvalue weighted by Gasteiger charge is -1.93. The zero-order valence-corrected chi connectivity index (χ0v) is 13.5. The summed E-state index contributed by atoms with van der Waals surface area (Å²) < 4.78 is 0. The summed E-state index contributed by atoms with van der Waals surface area (Å²) in [5, 5.41) is 16.2. The summed E-state index contributed by atoms with van der Waals surface area (Å²) in [4.78, 5) is 19.7. The fourth-order valence-corrected chi connectivity index (χ4v) is 0.972. The maximum absolute atomic E-state index is 10.1. The second-order valence-corrected chi connectivity index (χ2v) is 4.44. The number of allylic oxidation sites excluding steroid dienone is 1. The van der Waals surface area contributed by atoms with Crippen LogP contribution in [-0.2, 0) is 9.59 Å². The minimum absolute atomic E-state index is 0.176. The topological polar surface area (TPSA) is 74.6 Å². The van der Waals surface area contributed by atoms with E-state index >= 15 is 0 Å². The molecule has 124 valence electrons. The summed E-state index contributed by atoms with van der Waals surface area (Å²) in [5.74, 6) is -1.85. The predicted molar refractivity (Wildman–Crippen MR) is 95.2 cm³/mol. The van der Waals surface area contributed by atoms with Gasteiger partial charge in [-0.05, 0) is 25.3 Å². The highest BCUT2D eigenvalue weighted by atomic mass is 16.4. The van der Waals surface area contributed by atoms with Crippen molar-refractivity contribution in [2.24, 2.45) is 0 Å². The van der Waals surface area contributed by atoms with Crippen LogP contribution in [0.5, 0.6) is 0 Å². The van der Waals surface area contributed by atoms with Gasteiger partial charge >= 0.3 is 11.9 Å². The highest BCUT2D eigenvalue weighted by Gasteiger charge is 1.99. The fraction of sp³-hybridized carbons (Fsp3) is 0.158. The number of carboxylic acid groups (broad SMARTS) is 2. The van der Waals surface area contributed by atoms with Gasteiger partial charge in [-0.1, -0.05) is 62.2 Å². The van der Waals surface area contributed by atoms with Crippen LogP contribution >= 0.6 is 0 Å². The molecule has 0 unspecified atom stereocenters. The molecular formula is C19H24O4. The molecule has 0 aromatic heterocycles. The number of hydrogen-bond acceptors (Lipinski definition) is 2. The van der Waals surface area contributed by atoms with Crippen LogP contribution in [0.3, 0.4) is 0 Å². The highest BCUT2D eigenvalue weighted by molar-refractivity contribution is 5.85. The van der Waals surface area contributed by atoms with Crippen LogP contribution in [0, 0.1) is 0 Å². The molecule has 1 aromatic carbocycles. The Kier molecular flexibility index (Phi) is 13.7. The first-order valence-electron chi connectivity index (χ1n) is 6.84. The minimum Gasteiger partial charge on any atom is -0.478 e. The average Bonchev–Trinajstić information content (AvgIpc) is 2.54. The molecule has 0 aliphatic carbocycles. The van der Waals surface area contributed by atoms with E-state index in [-0.39, 0.29) is 11.1 Å². The van der Waals surface area contributed by atoms with Gasteiger partial charge in [-0.15, -0.1) is 6.58 Å². The zero-order chi connectivity index (χ0) is 18.3. The van der Waals surface area contributed by atoms with Crippen LogP contribution in [0.1, 0.15) is 25.3 Å². The zero-order valence-electron chi connectivity index (χ0n) is 13.5. The Morgan fingerprint density at radius 1 is 1.04 bits per heavy atom. The molecule has 23 heavy (non-hydrogen) atoms. The summed E-state index contributed by atoms with van der Waals surface area (Å²) in [6, 6.07) is 10.0. The van der Waals surface area contributed by atoms with Gasteiger partial charge < -0.3 is 10.2 Å². The quantitative estimate of drug-likeness (QED) is 0.595. The number of carboxylic acids is 2. The van der Waals surface area contributed by atoms with Gasteiger partial charge in [-0.2, -0.15) is 0 Å². The molecule has 4 nitrogen and oxygen atoms in total. The SMILES string of the molecule is C=C(C)C(=O)O.C=CCCC(=C)C(=O)O.C=Cc1ccccc1. The van der Waals surface area contributed by atoms with E-state index in [1.54, 1.807) is 6.08 Å². The van der Waals surface area contributed by atoms with E-state index in [0.717, 1.165) is 0 Å². The van der Waals surface area contributed by atoms with Gasteiger partial charge in [0, 0.05) is 11.1 Å². The van der Waals surface area contributed by atoms with Crippen molar-refractivity contribution in [3.63, 3.8) is 0 Å². The molecule has 0 spiro atoms. The number of hydrogen-bond donors (Lipinski definition) is 2. The lowest BCUT2D eigenvalue weighted by Crippen LogP contribution is -1.97. The Morgan fingerprint density at radius 2 is 1.52 bits per heavy atom. The molecule has 1 rings (SSSR count). The summed E-state index contributed by atoms with van der Waals surface area (Å²) in [6.45, 7) is 15.0. The molecule has 0 heterocycles. The molecule has 0 atom stereocenters. The largest absolute Gasteiger partial charge is 0.478 e. The van der Waals surface area contributed by atoms with Gasteiger partial charge in [-0.25, -0.2) is 9.59 Å². The maximum Gasteiger partial charge on any atom is 0.330 e. The van der Waals surface area contributed by atoms with Gasteiger partial charge in [0.2, 0.25) is 0 Å². The van der Waals surface area contributed by atoms with E-state index in [1.807, 2.05) is 36.4 Å². The first-order valence-corrected chi connectivity index (χ1v) is 6.84. The first-order chi connectivity index (χ1) is 10.8. The predicted octanol–water partition coefficient (Wildman–Crippen LogP) is 4.57. The Morgan fingerprint density at radius 3 is 1.78 bits per heavy atom. The van der Waals surface area contributed by atoms with Crippen LogP contribution in [0.2, 0.25) is 0 Å². The van der Waals surface area contributed by atoms with Gasteiger partial charge in [0.05, 0.1) is 0 Å². The normalized spacial score (nSPS) is 8.22. The first kappa shape index (κ1) is 22.4. The van der Waals surface area contributed by atoms with Crippen molar-refractivity contribution >= 4 is 18.0 Å². The summed E-state index contributed by atoms with van der Waals surface area (Å²) in [7, 11) is 0. The van der Waals surface area contributed by atoms with Crippen molar-refractivity contribution in [2.75, 3.05) is 0 Å². The lowest BCUT2D eigenvalue weighted by atomic mass is 10.2. The Balaban J connectivity index is 0. The molecule has 1 aromatic rings. The number of benzene rings is 1. The molecule has 0 aliphatic rings. The lowest BCUT2D eigenvalue weighted by molar-refractivity contribution is -0.133. The van der Waals surface area contributed by atoms with E-state index in [0.29, 0.717) is 12.8 Å². The molecule has 0 fully saturated rings. The third kappa shape index (κ3) is 15.3. The second-order valence-electron chi connectivity index (χ2n) is 4.44. The number of aliphatic carboxylic acids is 2. The van der Waals surface area contributed by atoms with Crippen LogP contribution in [-0.4, -0.2) is 22.2 Å². The second kappa shape index (κ2) is 14.1. The maximum atomic E-state index is 10.1. The van der Waals surface area contributed by atoms with Crippen molar-refractivity contribution in [1.29, 1.82) is 0 Å². The van der Waals surface area contributed by atoms with Crippen molar-refractivity contribution < 1.29 is 19.8 Å². The molecule has 0 bridgehead atoms. The van der Waals surface area contributed by atoms with Crippen LogP contribution in [0.25, 0.3) is 6.08 Å². The summed E-state index contributed by atoms with van der Waals surface area (Å²) >= 11 is 0. The molecule has 0 radical (unpaired) electrons. The number of rotatable bonds is 6. The van der Waals surface area contributed by atoms with Crippen LogP contribution in [0.15, 0.2) is 73.9 Å². The van der Waals surface area contributed by atoms with E-state index in [2.05, 4.69) is 26.3 Å². The van der Waals surface area contributed by atoms with Gasteiger partial charge in [0.25, 0.3) is 0 Å². The van der Waals surface area contributed by atoms with E-state index in [9.17, 15) is 9.59 Å². The molecule has 0 aliphatic heterocycles. The van der Waals surface area contributed by atoms with E-state index in [1.165, 1.54) is 12.5 Å². The Bertz CT molecular complexity index is 530. The molecule has 0 saturated heterocycles. The molecule has 4 heteroatoms. The van der Waals surface area contributed by atoms with Gasteiger partial charge in [0.1, 0.15) is 0 Å². The van der Waals surface area contributed by atoms with Gasteiger partial charge in [0.15, 0.2) is 0 Å². The monoisotopic (exact) mass is 316 g/mol. The summed E-state index contributed by atoms with van der Waals surface area (Å²) in [5.41, 5.74) is 1.59. The molecule has 0 saturated carbocycles. The van der Waals surface area contributed by atoms with Crippen molar-refractivity contribution in [3.8, 4) is 0 Å². The van der Waals surface area contributed by atoms with Crippen molar-refractivity contribution in [3.05, 3.63) is 79.4 Å². The Labute approximate surface area is 137 Å². The average molecular weight is 316 g/mol. The molecule has 0 amide bonds. The van der Waals surface area contributed by atoms with Crippen LogP contribution in [0.4, 0.5) is 0 Å². The number of carbonyl (C=O) groups is 2. The smallest absolute Gasteiger partial charge is 0.330 e. The van der Waals surface area contributed by atoms with Crippen molar-refractivity contribution in [1.82, 2.24) is 0 Å². The standard InChI is InChI=1S/C8H8.C7H10O2.C4H6O2/c1-2-8-6-4-3-5-7-8;1-3-4-5-6(2)7(8)9;1-3(2)4(5)6/h2-7H,1H2;3H,1-2,4-5H2,(H,8,9);1H2,2H3,(H,5,6).